The van der Waals surface area contributed by atoms with Crippen molar-refractivity contribution in [3.05, 3.63) is 47.3 Å². The SMILES string of the molecule is CNC1CCC2(CC1)CN(C(=O)c1cc(C(C)C)[nH]n1)Cc1ccccc1O2. The number of ether oxygens (including phenoxy) is 1. The van der Waals surface area contributed by atoms with Gasteiger partial charge >= 0.3 is 0 Å². The van der Waals surface area contributed by atoms with Gasteiger partial charge in [0.15, 0.2) is 0 Å². The number of carbonyl (C=O) groups excluding carboxylic acids is 1. The van der Waals surface area contributed by atoms with Gasteiger partial charge in [-0.05, 0) is 50.8 Å². The first-order valence-corrected chi connectivity index (χ1v) is 10.3. The van der Waals surface area contributed by atoms with E-state index in [9.17, 15) is 4.79 Å². The number of aromatic amines is 1. The molecule has 2 heterocycles. The quantitative estimate of drug-likeness (QED) is 0.853. The molecule has 0 atom stereocenters. The van der Waals surface area contributed by atoms with Crippen LogP contribution >= 0.6 is 0 Å². The fourth-order valence-corrected chi connectivity index (χ4v) is 4.35. The first-order valence-electron chi connectivity index (χ1n) is 10.3. The Labute approximate surface area is 166 Å². The Kier molecular flexibility index (Phi) is 5.15. The van der Waals surface area contributed by atoms with Crippen LogP contribution in [0.1, 0.15) is 67.2 Å². The van der Waals surface area contributed by atoms with E-state index < -0.39 is 0 Å². The van der Waals surface area contributed by atoms with E-state index in [4.69, 9.17) is 4.74 Å². The monoisotopic (exact) mass is 382 g/mol. The second kappa shape index (κ2) is 7.59. The van der Waals surface area contributed by atoms with Gasteiger partial charge < -0.3 is 15.0 Å². The molecule has 1 aliphatic heterocycles. The van der Waals surface area contributed by atoms with E-state index in [1.54, 1.807) is 0 Å². The van der Waals surface area contributed by atoms with Crippen LogP contribution in [0.4, 0.5) is 0 Å². The Hall–Kier alpha value is -2.34. The third kappa shape index (κ3) is 3.65. The predicted octanol–water partition coefficient (Wildman–Crippen LogP) is 3.47. The van der Waals surface area contributed by atoms with Crippen molar-refractivity contribution < 1.29 is 9.53 Å². The summed E-state index contributed by atoms with van der Waals surface area (Å²) in [6.45, 7) is 5.33. The molecule has 1 aromatic heterocycles. The number of rotatable bonds is 3. The van der Waals surface area contributed by atoms with E-state index in [0.717, 1.165) is 42.7 Å². The number of hydrogen-bond donors (Lipinski definition) is 2. The number of carbonyl (C=O) groups is 1. The minimum absolute atomic E-state index is 0.0291. The fraction of sp³-hybridized carbons (Fsp3) is 0.545. The van der Waals surface area contributed by atoms with Gasteiger partial charge in [0, 0.05) is 23.8 Å². The normalized spacial score (nSPS) is 24.7. The largest absolute Gasteiger partial charge is 0.485 e. The van der Waals surface area contributed by atoms with Gasteiger partial charge in [0.1, 0.15) is 17.0 Å². The number of amides is 1. The van der Waals surface area contributed by atoms with Crippen LogP contribution in [0.25, 0.3) is 0 Å². The maximum atomic E-state index is 13.3. The van der Waals surface area contributed by atoms with Crippen LogP contribution in [0.5, 0.6) is 5.75 Å². The third-order valence-corrected chi connectivity index (χ3v) is 6.17. The molecule has 0 bridgehead atoms. The molecule has 1 fully saturated rings. The van der Waals surface area contributed by atoms with Crippen LogP contribution < -0.4 is 10.1 Å². The molecular formula is C22H30N4O2. The van der Waals surface area contributed by atoms with Crippen molar-refractivity contribution >= 4 is 5.91 Å². The van der Waals surface area contributed by atoms with Crippen molar-refractivity contribution in [3.8, 4) is 5.75 Å². The molecule has 1 saturated carbocycles. The number of nitrogens with one attached hydrogen (secondary N) is 2. The van der Waals surface area contributed by atoms with Crippen LogP contribution in [-0.4, -0.2) is 46.2 Å². The summed E-state index contributed by atoms with van der Waals surface area (Å²) in [6.07, 6.45) is 3.99. The van der Waals surface area contributed by atoms with Gasteiger partial charge in [-0.3, -0.25) is 9.89 Å². The molecule has 0 unspecified atom stereocenters. The summed E-state index contributed by atoms with van der Waals surface area (Å²) in [6, 6.07) is 10.5. The molecular weight excluding hydrogens is 352 g/mol. The maximum absolute atomic E-state index is 13.3. The van der Waals surface area contributed by atoms with Crippen molar-refractivity contribution in [3.63, 3.8) is 0 Å². The minimum atomic E-state index is -0.327. The maximum Gasteiger partial charge on any atom is 0.274 e. The Morgan fingerprint density at radius 2 is 2.07 bits per heavy atom. The lowest BCUT2D eigenvalue weighted by atomic mass is 9.81. The smallest absolute Gasteiger partial charge is 0.274 e. The average molecular weight is 383 g/mol. The highest BCUT2D eigenvalue weighted by Gasteiger charge is 2.42. The van der Waals surface area contributed by atoms with E-state index in [1.807, 2.05) is 36.2 Å². The van der Waals surface area contributed by atoms with Crippen LogP contribution in [0, 0.1) is 0 Å². The van der Waals surface area contributed by atoms with Crippen molar-refractivity contribution in [1.82, 2.24) is 20.4 Å². The van der Waals surface area contributed by atoms with Crippen LogP contribution in [-0.2, 0) is 6.54 Å². The Bertz CT molecular complexity index is 837. The Balaban J connectivity index is 1.64. The highest BCUT2D eigenvalue weighted by atomic mass is 16.5. The Morgan fingerprint density at radius 3 is 2.75 bits per heavy atom. The molecule has 2 N–H and O–H groups in total. The van der Waals surface area contributed by atoms with Crippen molar-refractivity contribution in [2.75, 3.05) is 13.6 Å². The highest BCUT2D eigenvalue weighted by molar-refractivity contribution is 5.92. The summed E-state index contributed by atoms with van der Waals surface area (Å²) in [5.41, 5.74) is 2.21. The molecule has 0 saturated heterocycles. The standard InChI is InChI=1S/C22H30N4O2/c1-15(2)18-12-19(25-24-18)21(27)26-13-16-6-4-5-7-20(16)28-22(14-26)10-8-17(23-3)9-11-22/h4-7,12,15,17,23H,8-11,13-14H2,1-3H3,(H,24,25). The van der Waals surface area contributed by atoms with Crippen molar-refractivity contribution in [1.29, 1.82) is 0 Å². The van der Waals surface area contributed by atoms with Gasteiger partial charge in [-0.1, -0.05) is 32.0 Å². The molecule has 1 aliphatic carbocycles. The molecule has 28 heavy (non-hydrogen) atoms. The van der Waals surface area contributed by atoms with Gasteiger partial charge in [0.25, 0.3) is 5.91 Å². The molecule has 2 aromatic rings. The van der Waals surface area contributed by atoms with E-state index in [0.29, 0.717) is 30.7 Å². The first kappa shape index (κ1) is 19.0. The van der Waals surface area contributed by atoms with Gasteiger partial charge in [0.05, 0.1) is 6.54 Å². The average Bonchev–Trinajstić information content (AvgIpc) is 3.13. The number of nitrogens with zero attached hydrogens (tertiary/aromatic N) is 2. The molecule has 1 aromatic carbocycles. The van der Waals surface area contributed by atoms with E-state index in [1.165, 1.54) is 0 Å². The minimum Gasteiger partial charge on any atom is -0.485 e. The number of hydrogen-bond acceptors (Lipinski definition) is 4. The second-order valence-corrected chi connectivity index (χ2v) is 8.48. The highest BCUT2D eigenvalue weighted by Crippen LogP contribution is 2.38. The van der Waals surface area contributed by atoms with Crippen molar-refractivity contribution in [2.45, 2.75) is 63.6 Å². The summed E-state index contributed by atoms with van der Waals surface area (Å²) in [5.74, 6) is 1.19. The lowest BCUT2D eigenvalue weighted by Crippen LogP contribution is -2.51. The number of H-pyrrole nitrogens is 1. The number of para-hydroxylation sites is 1. The fourth-order valence-electron chi connectivity index (χ4n) is 4.35. The van der Waals surface area contributed by atoms with Crippen molar-refractivity contribution in [2.24, 2.45) is 0 Å². The molecule has 0 radical (unpaired) electrons. The zero-order chi connectivity index (χ0) is 19.7. The van der Waals surface area contributed by atoms with Gasteiger partial charge in [-0.2, -0.15) is 5.10 Å². The van der Waals surface area contributed by atoms with E-state index in [2.05, 4.69) is 35.4 Å². The summed E-state index contributed by atoms with van der Waals surface area (Å²) in [5, 5.41) is 10.7. The van der Waals surface area contributed by atoms with Crippen LogP contribution in [0.2, 0.25) is 0 Å². The molecule has 1 amide bonds. The number of fused-ring (bicyclic) bond motifs is 1. The third-order valence-electron chi connectivity index (χ3n) is 6.17. The number of aromatic nitrogens is 2. The molecule has 4 rings (SSSR count). The first-order chi connectivity index (χ1) is 13.5. The number of benzene rings is 1. The molecule has 2 aliphatic rings. The lowest BCUT2D eigenvalue weighted by molar-refractivity contribution is 0.000278. The lowest BCUT2D eigenvalue weighted by Gasteiger charge is -2.41. The van der Waals surface area contributed by atoms with Crippen LogP contribution in [0.15, 0.2) is 30.3 Å². The zero-order valence-corrected chi connectivity index (χ0v) is 17.0. The van der Waals surface area contributed by atoms with Gasteiger partial charge in [-0.25, -0.2) is 0 Å². The summed E-state index contributed by atoms with van der Waals surface area (Å²) in [7, 11) is 2.02. The topological polar surface area (TPSA) is 70.2 Å². The van der Waals surface area contributed by atoms with Gasteiger partial charge in [-0.15, -0.1) is 0 Å². The second-order valence-electron chi connectivity index (χ2n) is 8.48. The van der Waals surface area contributed by atoms with E-state index in [-0.39, 0.29) is 11.5 Å². The Morgan fingerprint density at radius 1 is 1.32 bits per heavy atom. The predicted molar refractivity (Wildman–Crippen MR) is 109 cm³/mol. The molecule has 6 heteroatoms. The van der Waals surface area contributed by atoms with Crippen LogP contribution in [0.3, 0.4) is 0 Å². The molecule has 6 nitrogen and oxygen atoms in total. The summed E-state index contributed by atoms with van der Waals surface area (Å²) < 4.78 is 6.59. The molecule has 150 valence electrons. The van der Waals surface area contributed by atoms with Gasteiger partial charge in [0.2, 0.25) is 0 Å². The zero-order valence-electron chi connectivity index (χ0n) is 17.0. The van der Waals surface area contributed by atoms with E-state index >= 15 is 0 Å². The summed E-state index contributed by atoms with van der Waals surface area (Å²) in [4.78, 5) is 15.2. The molecule has 1 spiro atoms. The summed E-state index contributed by atoms with van der Waals surface area (Å²) >= 11 is 0.